The molecule has 0 saturated carbocycles. The normalized spacial score (nSPS) is 10.2. The van der Waals surface area contributed by atoms with E-state index in [1.165, 1.54) is 18.2 Å². The number of aromatic hydroxyl groups is 1. The maximum absolute atomic E-state index is 10.8. The molecule has 2 N–H and O–H groups in total. The van der Waals surface area contributed by atoms with E-state index in [1.807, 2.05) is 0 Å². The van der Waals surface area contributed by atoms with Gasteiger partial charge in [-0.1, -0.05) is 29.8 Å². The molecule has 0 amide bonds. The number of phenols is 1. The minimum Gasteiger partial charge on any atom is -0.508 e. The van der Waals surface area contributed by atoms with E-state index in [0.29, 0.717) is 5.56 Å². The molecule has 0 spiro atoms. The number of nitro groups is 1. The molecule has 2 aromatic rings. The van der Waals surface area contributed by atoms with E-state index in [4.69, 9.17) is 11.6 Å². The number of hydrogen-bond donors (Lipinski definition) is 2. The van der Waals surface area contributed by atoms with Crippen LogP contribution in [0, 0.1) is 10.1 Å². The van der Waals surface area contributed by atoms with E-state index in [2.05, 4.69) is 10.3 Å². The van der Waals surface area contributed by atoms with Gasteiger partial charge < -0.3 is 10.4 Å². The Labute approximate surface area is 113 Å². The van der Waals surface area contributed by atoms with Crippen molar-refractivity contribution >= 4 is 23.1 Å². The van der Waals surface area contributed by atoms with Gasteiger partial charge in [0.05, 0.1) is 4.92 Å². The average Bonchev–Trinajstić information content (AvgIpc) is 2.37. The zero-order valence-corrected chi connectivity index (χ0v) is 10.5. The zero-order chi connectivity index (χ0) is 13.8. The molecule has 0 fully saturated rings. The fraction of sp³-hybridized carbons (Fsp3) is 0.0833. The van der Waals surface area contributed by atoms with Crippen molar-refractivity contribution in [2.24, 2.45) is 0 Å². The van der Waals surface area contributed by atoms with Crippen LogP contribution in [0.4, 0.5) is 11.5 Å². The largest absolute Gasteiger partial charge is 0.508 e. The lowest BCUT2D eigenvalue weighted by atomic mass is 10.2. The number of anilines is 1. The van der Waals surface area contributed by atoms with Crippen molar-refractivity contribution in [1.29, 1.82) is 0 Å². The minimum absolute atomic E-state index is 0.0701. The first kappa shape index (κ1) is 13.1. The maximum Gasteiger partial charge on any atom is 0.311 e. The molecular weight excluding hydrogens is 270 g/mol. The van der Waals surface area contributed by atoms with Crippen molar-refractivity contribution in [3.05, 3.63) is 57.2 Å². The van der Waals surface area contributed by atoms with Gasteiger partial charge in [-0.15, -0.1) is 0 Å². The van der Waals surface area contributed by atoms with Gasteiger partial charge in [-0.05, 0) is 12.1 Å². The number of para-hydroxylation sites is 1. The van der Waals surface area contributed by atoms with Gasteiger partial charge in [-0.2, -0.15) is 0 Å². The molecule has 2 rings (SSSR count). The van der Waals surface area contributed by atoms with Crippen molar-refractivity contribution in [1.82, 2.24) is 4.98 Å². The molecule has 0 radical (unpaired) electrons. The third kappa shape index (κ3) is 3.11. The van der Waals surface area contributed by atoms with Crippen LogP contribution < -0.4 is 5.32 Å². The van der Waals surface area contributed by atoms with Gasteiger partial charge in [0, 0.05) is 18.2 Å². The summed E-state index contributed by atoms with van der Waals surface area (Å²) in [4.78, 5) is 14.2. The topological polar surface area (TPSA) is 88.3 Å². The fourth-order valence-corrected chi connectivity index (χ4v) is 1.69. The highest BCUT2D eigenvalue weighted by atomic mass is 35.5. The van der Waals surface area contributed by atoms with Crippen molar-refractivity contribution in [2.75, 3.05) is 5.32 Å². The molecule has 0 aliphatic carbocycles. The molecule has 6 nitrogen and oxygen atoms in total. The summed E-state index contributed by atoms with van der Waals surface area (Å²) in [5.74, 6) is 0.181. The lowest BCUT2D eigenvalue weighted by Gasteiger charge is -2.07. The number of nitrogens with zero attached hydrogens (tertiary/aromatic N) is 2. The third-order valence-corrected chi connectivity index (χ3v) is 2.69. The van der Waals surface area contributed by atoms with Crippen LogP contribution in [0.3, 0.4) is 0 Å². The second-order valence-corrected chi connectivity index (χ2v) is 4.13. The van der Waals surface area contributed by atoms with E-state index >= 15 is 0 Å². The van der Waals surface area contributed by atoms with Gasteiger partial charge in [0.15, 0.2) is 0 Å². The van der Waals surface area contributed by atoms with Crippen molar-refractivity contribution < 1.29 is 10.0 Å². The summed E-state index contributed by atoms with van der Waals surface area (Å²) in [5, 5.41) is 23.4. The number of hydrogen-bond acceptors (Lipinski definition) is 5. The van der Waals surface area contributed by atoms with Crippen LogP contribution in [0.5, 0.6) is 5.75 Å². The average molecular weight is 280 g/mol. The van der Waals surface area contributed by atoms with Crippen LogP contribution in [0.2, 0.25) is 5.15 Å². The summed E-state index contributed by atoms with van der Waals surface area (Å²) in [6.07, 6.45) is 0. The monoisotopic (exact) mass is 279 g/mol. The highest BCUT2D eigenvalue weighted by molar-refractivity contribution is 6.29. The van der Waals surface area contributed by atoms with Crippen LogP contribution in [0.15, 0.2) is 36.4 Å². The standard InChI is InChI=1S/C12H10ClN3O3/c13-11-6-5-9(16(18)19)12(15-11)14-7-8-3-1-2-4-10(8)17/h1-6,17H,7H2,(H,14,15). The van der Waals surface area contributed by atoms with Crippen LogP contribution in [-0.2, 0) is 6.54 Å². The first-order valence-corrected chi connectivity index (χ1v) is 5.77. The van der Waals surface area contributed by atoms with Crippen LogP contribution in [-0.4, -0.2) is 15.0 Å². The summed E-state index contributed by atoms with van der Waals surface area (Å²) in [6, 6.07) is 9.33. The number of pyridine rings is 1. The number of nitrogens with one attached hydrogen (secondary N) is 1. The van der Waals surface area contributed by atoms with Gasteiger partial charge in [0.1, 0.15) is 10.9 Å². The summed E-state index contributed by atoms with van der Waals surface area (Å²) in [5.41, 5.74) is 0.443. The molecule has 0 saturated heterocycles. The number of rotatable bonds is 4. The Morgan fingerprint density at radius 1 is 1.32 bits per heavy atom. The van der Waals surface area contributed by atoms with E-state index in [-0.39, 0.29) is 29.0 Å². The Balaban J connectivity index is 2.22. The number of aromatic nitrogens is 1. The predicted molar refractivity (Wildman–Crippen MR) is 71.3 cm³/mol. The summed E-state index contributed by atoms with van der Waals surface area (Å²) in [7, 11) is 0. The molecule has 1 heterocycles. The third-order valence-electron chi connectivity index (χ3n) is 2.47. The number of phenolic OH excluding ortho intramolecular Hbond substituents is 1. The van der Waals surface area contributed by atoms with Crippen LogP contribution in [0.25, 0.3) is 0 Å². The summed E-state index contributed by atoms with van der Waals surface area (Å²) in [6.45, 7) is 0.209. The Hall–Kier alpha value is -2.34. The lowest BCUT2D eigenvalue weighted by molar-refractivity contribution is -0.384. The second kappa shape index (κ2) is 5.53. The van der Waals surface area contributed by atoms with Crippen LogP contribution >= 0.6 is 11.6 Å². The SMILES string of the molecule is O=[N+]([O-])c1ccc(Cl)nc1NCc1ccccc1O. The molecule has 1 aromatic heterocycles. The molecule has 98 valence electrons. The molecule has 0 unspecified atom stereocenters. The fourth-order valence-electron chi connectivity index (χ4n) is 1.54. The first-order valence-electron chi connectivity index (χ1n) is 5.39. The number of halogens is 1. The zero-order valence-electron chi connectivity index (χ0n) is 9.71. The molecule has 19 heavy (non-hydrogen) atoms. The molecule has 0 atom stereocenters. The first-order chi connectivity index (χ1) is 9.08. The summed E-state index contributed by atoms with van der Waals surface area (Å²) < 4.78 is 0. The second-order valence-electron chi connectivity index (χ2n) is 3.74. The smallest absolute Gasteiger partial charge is 0.311 e. The van der Waals surface area contributed by atoms with E-state index < -0.39 is 4.92 Å². The lowest BCUT2D eigenvalue weighted by Crippen LogP contribution is -2.05. The highest BCUT2D eigenvalue weighted by Crippen LogP contribution is 2.25. The molecular formula is C12H10ClN3O3. The Morgan fingerprint density at radius 3 is 2.74 bits per heavy atom. The maximum atomic E-state index is 10.8. The molecule has 0 aliphatic heterocycles. The summed E-state index contributed by atoms with van der Waals surface area (Å²) >= 11 is 5.71. The van der Waals surface area contributed by atoms with Crippen LogP contribution in [0.1, 0.15) is 5.56 Å². The molecule has 0 bridgehead atoms. The quantitative estimate of drug-likeness (QED) is 0.510. The van der Waals surface area contributed by atoms with Gasteiger partial charge in [-0.25, -0.2) is 4.98 Å². The minimum atomic E-state index is -0.545. The Bertz CT molecular complexity index is 619. The van der Waals surface area contributed by atoms with E-state index in [1.54, 1.807) is 18.2 Å². The van der Waals surface area contributed by atoms with Gasteiger partial charge >= 0.3 is 5.69 Å². The Kier molecular flexibility index (Phi) is 3.82. The van der Waals surface area contributed by atoms with Gasteiger partial charge in [0.2, 0.25) is 5.82 Å². The highest BCUT2D eigenvalue weighted by Gasteiger charge is 2.15. The number of benzene rings is 1. The molecule has 0 aliphatic rings. The van der Waals surface area contributed by atoms with Crippen molar-refractivity contribution in [3.63, 3.8) is 0 Å². The van der Waals surface area contributed by atoms with Gasteiger partial charge in [0.25, 0.3) is 0 Å². The molecule has 1 aromatic carbocycles. The Morgan fingerprint density at radius 2 is 2.05 bits per heavy atom. The van der Waals surface area contributed by atoms with E-state index in [9.17, 15) is 15.2 Å². The van der Waals surface area contributed by atoms with E-state index in [0.717, 1.165) is 0 Å². The predicted octanol–water partition coefficient (Wildman–Crippen LogP) is 2.96. The van der Waals surface area contributed by atoms with Gasteiger partial charge in [-0.3, -0.25) is 10.1 Å². The van der Waals surface area contributed by atoms with Crippen molar-refractivity contribution in [2.45, 2.75) is 6.54 Å². The molecule has 7 heteroatoms. The van der Waals surface area contributed by atoms with Crippen molar-refractivity contribution in [3.8, 4) is 5.75 Å².